The van der Waals surface area contributed by atoms with Crippen molar-refractivity contribution in [2.75, 3.05) is 13.1 Å². The van der Waals surface area contributed by atoms with Crippen LogP contribution < -0.4 is 5.32 Å². The molecule has 1 aromatic carbocycles. The highest BCUT2D eigenvalue weighted by Crippen LogP contribution is 2.13. The fourth-order valence-electron chi connectivity index (χ4n) is 2.19. The molecule has 0 aliphatic rings. The lowest BCUT2D eigenvalue weighted by Crippen LogP contribution is -2.21. The molecule has 112 valence electrons. The first-order valence-corrected chi connectivity index (χ1v) is 7.67. The molecule has 2 aromatic rings. The minimum absolute atomic E-state index is 0.692. The molecule has 21 heavy (non-hydrogen) atoms. The summed E-state index contributed by atoms with van der Waals surface area (Å²) in [7, 11) is 0. The van der Waals surface area contributed by atoms with Gasteiger partial charge in [0.25, 0.3) is 0 Å². The Labute approximate surface area is 127 Å². The maximum atomic E-state index is 4.07. The van der Waals surface area contributed by atoms with E-state index in [0.717, 1.165) is 25.2 Å². The molecule has 1 N–H and O–H groups in total. The number of hydrogen-bond donors (Lipinski definition) is 1. The molecule has 0 aliphatic carbocycles. The Hall–Kier alpha value is -1.87. The SMILES string of the molecule is CCC(=Cc1ccc(-n2ccnc2)cc1)CNCC(C)C. The van der Waals surface area contributed by atoms with Gasteiger partial charge in [0.2, 0.25) is 0 Å². The molecule has 0 unspecified atom stereocenters. The first kappa shape index (κ1) is 15.5. The van der Waals surface area contributed by atoms with E-state index >= 15 is 0 Å². The smallest absolute Gasteiger partial charge is 0.0991 e. The van der Waals surface area contributed by atoms with Gasteiger partial charge in [-0.15, -0.1) is 0 Å². The van der Waals surface area contributed by atoms with Crippen molar-refractivity contribution in [2.24, 2.45) is 5.92 Å². The van der Waals surface area contributed by atoms with E-state index in [9.17, 15) is 0 Å². The summed E-state index contributed by atoms with van der Waals surface area (Å²) in [6.07, 6.45) is 8.93. The van der Waals surface area contributed by atoms with Crippen LogP contribution in [0.15, 0.2) is 48.6 Å². The molecule has 0 saturated heterocycles. The molecule has 0 aliphatic heterocycles. The van der Waals surface area contributed by atoms with Crippen LogP contribution in [0.1, 0.15) is 32.8 Å². The molecule has 0 bridgehead atoms. The van der Waals surface area contributed by atoms with Crippen LogP contribution >= 0.6 is 0 Å². The van der Waals surface area contributed by atoms with E-state index in [1.54, 1.807) is 6.20 Å². The van der Waals surface area contributed by atoms with Crippen molar-refractivity contribution >= 4 is 6.08 Å². The Bertz CT molecular complexity index is 551. The molecular formula is C18H25N3. The number of nitrogens with one attached hydrogen (secondary N) is 1. The van der Waals surface area contributed by atoms with Gasteiger partial charge < -0.3 is 9.88 Å². The molecule has 0 radical (unpaired) electrons. The third kappa shape index (κ3) is 4.87. The number of rotatable bonds is 7. The summed E-state index contributed by atoms with van der Waals surface area (Å²) in [5, 5.41) is 3.51. The maximum absolute atomic E-state index is 4.07. The van der Waals surface area contributed by atoms with Crippen molar-refractivity contribution in [3.63, 3.8) is 0 Å². The van der Waals surface area contributed by atoms with Gasteiger partial charge in [0.05, 0.1) is 6.33 Å². The number of imidazole rings is 1. The van der Waals surface area contributed by atoms with Gasteiger partial charge in [-0.3, -0.25) is 0 Å². The quantitative estimate of drug-likeness (QED) is 0.835. The zero-order valence-electron chi connectivity index (χ0n) is 13.2. The van der Waals surface area contributed by atoms with Gasteiger partial charge >= 0.3 is 0 Å². The fourth-order valence-corrected chi connectivity index (χ4v) is 2.19. The second-order valence-corrected chi connectivity index (χ2v) is 5.74. The lowest BCUT2D eigenvalue weighted by atomic mass is 10.1. The van der Waals surface area contributed by atoms with Gasteiger partial charge in [-0.25, -0.2) is 4.98 Å². The Morgan fingerprint density at radius 2 is 2.05 bits per heavy atom. The molecule has 0 saturated carbocycles. The molecule has 2 rings (SSSR count). The molecule has 3 nitrogen and oxygen atoms in total. The van der Waals surface area contributed by atoms with Crippen molar-refractivity contribution in [1.29, 1.82) is 0 Å². The topological polar surface area (TPSA) is 29.9 Å². The summed E-state index contributed by atoms with van der Waals surface area (Å²) in [6.45, 7) is 8.71. The highest BCUT2D eigenvalue weighted by Gasteiger charge is 1.99. The van der Waals surface area contributed by atoms with Gasteiger partial charge in [0.1, 0.15) is 0 Å². The van der Waals surface area contributed by atoms with Crippen LogP contribution in [-0.2, 0) is 0 Å². The third-order valence-electron chi connectivity index (χ3n) is 3.43. The summed E-state index contributed by atoms with van der Waals surface area (Å²) in [5.41, 5.74) is 3.83. The first-order valence-electron chi connectivity index (χ1n) is 7.67. The second kappa shape index (κ2) is 7.79. The number of aromatic nitrogens is 2. The van der Waals surface area contributed by atoms with Crippen LogP contribution in [0, 0.1) is 5.92 Å². The summed E-state index contributed by atoms with van der Waals surface area (Å²) in [5.74, 6) is 0.692. The molecule has 1 heterocycles. The van der Waals surface area contributed by atoms with Gasteiger partial charge in [-0.2, -0.15) is 0 Å². The predicted octanol–water partition coefficient (Wildman–Crippen LogP) is 3.91. The zero-order valence-corrected chi connectivity index (χ0v) is 13.2. The molecule has 0 amide bonds. The second-order valence-electron chi connectivity index (χ2n) is 5.74. The van der Waals surface area contributed by atoms with E-state index in [-0.39, 0.29) is 0 Å². The minimum atomic E-state index is 0.692. The number of nitrogens with zero attached hydrogens (tertiary/aromatic N) is 2. The van der Waals surface area contributed by atoms with Crippen LogP contribution in [0.2, 0.25) is 0 Å². The number of hydrogen-bond acceptors (Lipinski definition) is 2. The maximum Gasteiger partial charge on any atom is 0.0991 e. The Morgan fingerprint density at radius 3 is 2.62 bits per heavy atom. The Morgan fingerprint density at radius 1 is 1.29 bits per heavy atom. The highest BCUT2D eigenvalue weighted by molar-refractivity contribution is 5.55. The van der Waals surface area contributed by atoms with Crippen molar-refractivity contribution < 1.29 is 0 Å². The van der Waals surface area contributed by atoms with Crippen LogP contribution in [0.25, 0.3) is 11.8 Å². The van der Waals surface area contributed by atoms with Crippen LogP contribution in [-0.4, -0.2) is 22.6 Å². The van der Waals surface area contributed by atoms with Gasteiger partial charge in [-0.05, 0) is 36.6 Å². The van der Waals surface area contributed by atoms with Crippen molar-refractivity contribution in [3.8, 4) is 5.69 Å². The Balaban J connectivity index is 2.01. The molecular weight excluding hydrogens is 258 g/mol. The van der Waals surface area contributed by atoms with Crippen molar-refractivity contribution in [1.82, 2.24) is 14.9 Å². The highest BCUT2D eigenvalue weighted by atomic mass is 15.0. The van der Waals surface area contributed by atoms with E-state index in [0.29, 0.717) is 5.92 Å². The summed E-state index contributed by atoms with van der Waals surface area (Å²) in [4.78, 5) is 4.07. The summed E-state index contributed by atoms with van der Waals surface area (Å²) >= 11 is 0. The van der Waals surface area contributed by atoms with Crippen molar-refractivity contribution in [2.45, 2.75) is 27.2 Å². The molecule has 1 aromatic heterocycles. The zero-order chi connectivity index (χ0) is 15.1. The fraction of sp³-hybridized carbons (Fsp3) is 0.389. The molecule has 3 heteroatoms. The first-order chi connectivity index (χ1) is 10.2. The lowest BCUT2D eigenvalue weighted by molar-refractivity contribution is 0.569. The van der Waals surface area contributed by atoms with E-state index in [1.807, 2.05) is 17.1 Å². The van der Waals surface area contributed by atoms with E-state index in [4.69, 9.17) is 0 Å². The van der Waals surface area contributed by atoms with E-state index < -0.39 is 0 Å². The van der Waals surface area contributed by atoms with Crippen LogP contribution in [0.4, 0.5) is 0 Å². The van der Waals surface area contributed by atoms with Gasteiger partial charge in [0.15, 0.2) is 0 Å². The predicted molar refractivity (Wildman–Crippen MR) is 89.5 cm³/mol. The van der Waals surface area contributed by atoms with E-state index in [2.05, 4.69) is 61.4 Å². The van der Waals surface area contributed by atoms with Crippen LogP contribution in [0.5, 0.6) is 0 Å². The average Bonchev–Trinajstić information content (AvgIpc) is 3.01. The van der Waals surface area contributed by atoms with Crippen molar-refractivity contribution in [3.05, 3.63) is 54.1 Å². The van der Waals surface area contributed by atoms with Gasteiger partial charge in [-0.1, -0.05) is 44.6 Å². The summed E-state index contributed by atoms with van der Waals surface area (Å²) in [6, 6.07) is 8.57. The normalized spacial score (nSPS) is 12.1. The molecule has 0 atom stereocenters. The largest absolute Gasteiger partial charge is 0.313 e. The monoisotopic (exact) mass is 283 g/mol. The van der Waals surface area contributed by atoms with Crippen LogP contribution in [0.3, 0.4) is 0 Å². The molecule has 0 spiro atoms. The Kier molecular flexibility index (Phi) is 5.76. The summed E-state index contributed by atoms with van der Waals surface area (Å²) < 4.78 is 2.01. The molecule has 0 fully saturated rings. The van der Waals surface area contributed by atoms with E-state index in [1.165, 1.54) is 11.1 Å². The third-order valence-corrected chi connectivity index (χ3v) is 3.43. The average molecular weight is 283 g/mol. The lowest BCUT2D eigenvalue weighted by Gasteiger charge is -2.10. The number of benzene rings is 1. The van der Waals surface area contributed by atoms with Gasteiger partial charge in [0, 0.05) is 24.6 Å². The minimum Gasteiger partial charge on any atom is -0.313 e. The standard InChI is InChI=1S/C18H25N3/c1-4-16(13-20-12-15(2)3)11-17-5-7-18(8-6-17)21-10-9-19-14-21/h5-11,14-15,20H,4,12-13H2,1-3H3.